The van der Waals surface area contributed by atoms with Crippen LogP contribution in [0.15, 0.2) is 34.9 Å². The van der Waals surface area contributed by atoms with Crippen molar-refractivity contribution < 1.29 is 23.1 Å². The third-order valence-corrected chi connectivity index (χ3v) is 4.53. The molecule has 1 aliphatic rings. The average Bonchev–Trinajstić information content (AvgIpc) is 3.41. The predicted octanol–water partition coefficient (Wildman–Crippen LogP) is 3.72. The summed E-state index contributed by atoms with van der Waals surface area (Å²) in [5.74, 6) is 0.865. The van der Waals surface area contributed by atoms with E-state index in [4.69, 9.17) is 13.9 Å². The fourth-order valence-corrected chi connectivity index (χ4v) is 2.86. The van der Waals surface area contributed by atoms with E-state index in [1.54, 1.807) is 18.2 Å². The van der Waals surface area contributed by atoms with E-state index in [9.17, 15) is 9.18 Å². The van der Waals surface area contributed by atoms with Crippen LogP contribution in [0.4, 0.5) is 4.39 Å². The SMILES string of the molecule is CC(=O)N[C@@H](C)COc1cc2oc(-c3ccc(OCC4CC4)c(F)c3)nc2cn1. The van der Waals surface area contributed by atoms with Crippen LogP contribution in [0.1, 0.15) is 26.7 Å². The van der Waals surface area contributed by atoms with Gasteiger partial charge in [-0.1, -0.05) is 0 Å². The molecule has 0 bridgehead atoms. The van der Waals surface area contributed by atoms with Gasteiger partial charge in [0, 0.05) is 18.6 Å². The first kappa shape index (κ1) is 19.2. The highest BCUT2D eigenvalue weighted by atomic mass is 19.1. The summed E-state index contributed by atoms with van der Waals surface area (Å²) in [6.45, 7) is 4.10. The number of ether oxygens (including phenoxy) is 2. The molecule has 1 atom stereocenters. The van der Waals surface area contributed by atoms with Crippen LogP contribution in [-0.2, 0) is 4.79 Å². The number of carbonyl (C=O) groups is 1. The smallest absolute Gasteiger partial charge is 0.227 e. The highest BCUT2D eigenvalue weighted by Crippen LogP contribution is 2.32. The molecule has 1 aromatic carbocycles. The number of carbonyl (C=O) groups excluding carboxylic acids is 1. The fourth-order valence-electron chi connectivity index (χ4n) is 2.86. The minimum atomic E-state index is -0.445. The van der Waals surface area contributed by atoms with Crippen LogP contribution in [0.2, 0.25) is 0 Å². The number of hydrogen-bond donors (Lipinski definition) is 1. The number of oxazole rings is 1. The van der Waals surface area contributed by atoms with Crippen molar-refractivity contribution in [1.82, 2.24) is 15.3 Å². The molecule has 0 aliphatic heterocycles. The molecule has 152 valence electrons. The normalized spacial score (nSPS) is 14.6. The van der Waals surface area contributed by atoms with E-state index in [0.717, 1.165) is 12.8 Å². The second-order valence-corrected chi connectivity index (χ2v) is 7.32. The zero-order chi connectivity index (χ0) is 20.4. The van der Waals surface area contributed by atoms with Gasteiger partial charge in [-0.3, -0.25) is 4.79 Å². The molecule has 7 nitrogen and oxygen atoms in total. The van der Waals surface area contributed by atoms with Gasteiger partial charge in [-0.25, -0.2) is 14.4 Å². The van der Waals surface area contributed by atoms with Crippen molar-refractivity contribution >= 4 is 17.0 Å². The molecule has 1 fully saturated rings. The van der Waals surface area contributed by atoms with Gasteiger partial charge in [-0.15, -0.1) is 0 Å². The molecule has 0 unspecified atom stereocenters. The number of halogens is 1. The molecular weight excluding hydrogens is 377 g/mol. The van der Waals surface area contributed by atoms with Gasteiger partial charge in [0.15, 0.2) is 17.1 Å². The van der Waals surface area contributed by atoms with E-state index in [1.165, 1.54) is 19.2 Å². The van der Waals surface area contributed by atoms with Crippen LogP contribution in [0, 0.1) is 11.7 Å². The van der Waals surface area contributed by atoms with Crippen molar-refractivity contribution in [3.63, 3.8) is 0 Å². The lowest BCUT2D eigenvalue weighted by Crippen LogP contribution is -2.35. The Hall–Kier alpha value is -3.16. The average molecular weight is 399 g/mol. The molecule has 2 heterocycles. The van der Waals surface area contributed by atoms with E-state index < -0.39 is 5.82 Å². The Labute approximate surface area is 167 Å². The van der Waals surface area contributed by atoms with Gasteiger partial charge >= 0.3 is 0 Å². The van der Waals surface area contributed by atoms with Gasteiger partial charge in [0.2, 0.25) is 17.7 Å². The standard InChI is InChI=1S/C21H22FN3O4/c1-12(24-13(2)26)10-28-20-8-19-17(9-23-20)25-21(29-19)15-5-6-18(16(22)7-15)27-11-14-3-4-14/h5-9,12,14H,3-4,10-11H2,1-2H3,(H,24,26)/t12-/m0/s1. The van der Waals surface area contributed by atoms with Crippen LogP contribution in [-0.4, -0.2) is 35.1 Å². The highest BCUT2D eigenvalue weighted by molar-refractivity contribution is 5.76. The number of fused-ring (bicyclic) bond motifs is 1. The zero-order valence-electron chi connectivity index (χ0n) is 16.3. The van der Waals surface area contributed by atoms with Gasteiger partial charge in [0.05, 0.1) is 18.8 Å². The second-order valence-electron chi connectivity index (χ2n) is 7.32. The number of benzene rings is 1. The number of aromatic nitrogens is 2. The quantitative estimate of drug-likeness (QED) is 0.621. The number of nitrogens with one attached hydrogen (secondary N) is 1. The Kier molecular flexibility index (Phi) is 5.33. The van der Waals surface area contributed by atoms with Gasteiger partial charge in [0.25, 0.3) is 0 Å². The number of amides is 1. The van der Waals surface area contributed by atoms with Crippen molar-refractivity contribution in [3.8, 4) is 23.1 Å². The predicted molar refractivity (Wildman–Crippen MR) is 104 cm³/mol. The maximum atomic E-state index is 14.3. The van der Waals surface area contributed by atoms with Crippen molar-refractivity contribution in [2.24, 2.45) is 5.92 Å². The van der Waals surface area contributed by atoms with E-state index in [-0.39, 0.29) is 24.3 Å². The lowest BCUT2D eigenvalue weighted by atomic mass is 10.2. The molecule has 0 spiro atoms. The van der Waals surface area contributed by atoms with Crippen molar-refractivity contribution in [1.29, 1.82) is 0 Å². The maximum absolute atomic E-state index is 14.3. The lowest BCUT2D eigenvalue weighted by molar-refractivity contribution is -0.119. The molecule has 1 amide bonds. The third kappa shape index (κ3) is 4.82. The van der Waals surface area contributed by atoms with Crippen LogP contribution in [0.5, 0.6) is 11.6 Å². The van der Waals surface area contributed by atoms with E-state index in [1.807, 2.05) is 6.92 Å². The molecule has 2 aromatic heterocycles. The first-order valence-corrected chi connectivity index (χ1v) is 9.57. The Morgan fingerprint density at radius 3 is 2.90 bits per heavy atom. The molecule has 29 heavy (non-hydrogen) atoms. The highest BCUT2D eigenvalue weighted by Gasteiger charge is 2.22. The lowest BCUT2D eigenvalue weighted by Gasteiger charge is -2.12. The minimum absolute atomic E-state index is 0.124. The molecule has 8 heteroatoms. The van der Waals surface area contributed by atoms with Gasteiger partial charge < -0.3 is 19.2 Å². The van der Waals surface area contributed by atoms with E-state index in [0.29, 0.717) is 41.0 Å². The number of nitrogens with zero attached hydrogens (tertiary/aromatic N) is 2. The van der Waals surface area contributed by atoms with Crippen LogP contribution in [0.3, 0.4) is 0 Å². The summed E-state index contributed by atoms with van der Waals surface area (Å²) in [5, 5.41) is 2.73. The summed E-state index contributed by atoms with van der Waals surface area (Å²) in [7, 11) is 0. The molecule has 1 saturated carbocycles. The Morgan fingerprint density at radius 1 is 1.34 bits per heavy atom. The number of pyridine rings is 1. The summed E-state index contributed by atoms with van der Waals surface area (Å²) in [4.78, 5) is 19.6. The van der Waals surface area contributed by atoms with Gasteiger partial charge in [-0.05, 0) is 43.9 Å². The summed E-state index contributed by atoms with van der Waals surface area (Å²) in [5.41, 5.74) is 1.53. The molecular formula is C21H22FN3O4. The first-order chi connectivity index (χ1) is 14.0. The zero-order valence-corrected chi connectivity index (χ0v) is 16.3. The van der Waals surface area contributed by atoms with Gasteiger partial charge in [0.1, 0.15) is 12.1 Å². The molecule has 1 aliphatic carbocycles. The maximum Gasteiger partial charge on any atom is 0.227 e. The largest absolute Gasteiger partial charge is 0.490 e. The monoisotopic (exact) mass is 399 g/mol. The molecule has 0 saturated heterocycles. The number of rotatable bonds is 8. The number of hydrogen-bond acceptors (Lipinski definition) is 6. The van der Waals surface area contributed by atoms with Crippen LogP contribution in [0.25, 0.3) is 22.6 Å². The summed E-state index contributed by atoms with van der Waals surface area (Å²) >= 11 is 0. The van der Waals surface area contributed by atoms with Crippen LogP contribution >= 0.6 is 0 Å². The molecule has 4 rings (SSSR count). The van der Waals surface area contributed by atoms with E-state index >= 15 is 0 Å². The summed E-state index contributed by atoms with van der Waals surface area (Å²) < 4.78 is 31.2. The molecule has 1 N–H and O–H groups in total. The van der Waals surface area contributed by atoms with Crippen molar-refractivity contribution in [3.05, 3.63) is 36.3 Å². The third-order valence-electron chi connectivity index (χ3n) is 4.53. The first-order valence-electron chi connectivity index (χ1n) is 9.57. The fraction of sp³-hybridized carbons (Fsp3) is 0.381. The van der Waals surface area contributed by atoms with Crippen LogP contribution < -0.4 is 14.8 Å². The molecule has 0 radical (unpaired) electrons. The van der Waals surface area contributed by atoms with Crippen molar-refractivity contribution in [2.45, 2.75) is 32.7 Å². The minimum Gasteiger partial charge on any atom is -0.490 e. The summed E-state index contributed by atoms with van der Waals surface area (Å²) in [6, 6.07) is 6.13. The van der Waals surface area contributed by atoms with Crippen molar-refractivity contribution in [2.75, 3.05) is 13.2 Å². The van der Waals surface area contributed by atoms with E-state index in [2.05, 4.69) is 15.3 Å². The Bertz CT molecular complexity index is 1030. The molecule has 3 aromatic rings. The van der Waals surface area contributed by atoms with Gasteiger partial charge in [-0.2, -0.15) is 0 Å². The Morgan fingerprint density at radius 2 is 2.17 bits per heavy atom. The topological polar surface area (TPSA) is 86.5 Å². The second kappa shape index (κ2) is 8.06. The Balaban J connectivity index is 1.46. The summed E-state index contributed by atoms with van der Waals surface area (Å²) in [6.07, 6.45) is 3.83.